The molecule has 60 valence electrons. The summed E-state index contributed by atoms with van der Waals surface area (Å²) in [5, 5.41) is 0. The zero-order valence-electron chi connectivity index (χ0n) is 4.86. The summed E-state index contributed by atoms with van der Waals surface area (Å²) in [6.07, 6.45) is 0. The van der Waals surface area contributed by atoms with Crippen LogP contribution >= 0.6 is 24.8 Å². The fourth-order valence-corrected chi connectivity index (χ4v) is 0.179. The molecule has 0 amide bonds. The Morgan fingerprint density at radius 1 is 1.44 bits per heavy atom. The lowest BCUT2D eigenvalue weighted by molar-refractivity contribution is 0.0229. The highest BCUT2D eigenvalue weighted by atomic mass is 35.5. The molecule has 0 saturated carbocycles. The molecule has 0 aliphatic rings. The van der Waals surface area contributed by atoms with Crippen molar-refractivity contribution in [2.24, 2.45) is 5.84 Å². The van der Waals surface area contributed by atoms with Crippen LogP contribution in [0.15, 0.2) is 0 Å². The number of halogens is 4. The molecule has 9 heavy (non-hydrogen) atoms. The Balaban J connectivity index is -0.000000180. The van der Waals surface area contributed by atoms with Gasteiger partial charge in [-0.25, -0.2) is 8.78 Å². The average molecular weight is 183 g/mol. The Labute approximate surface area is 65.0 Å². The van der Waals surface area contributed by atoms with Crippen molar-refractivity contribution in [1.82, 2.24) is 5.43 Å². The first kappa shape index (κ1) is 16.2. The van der Waals surface area contributed by atoms with Crippen molar-refractivity contribution in [2.75, 3.05) is 6.54 Å². The van der Waals surface area contributed by atoms with E-state index in [9.17, 15) is 8.78 Å². The van der Waals surface area contributed by atoms with Crippen LogP contribution in [0.25, 0.3) is 0 Å². The highest BCUT2D eigenvalue weighted by molar-refractivity contribution is 5.85. The lowest BCUT2D eigenvalue weighted by Gasteiger charge is -2.06. The molecule has 0 saturated heterocycles. The number of alkyl halides is 2. The molecular weight excluding hydrogens is 173 g/mol. The van der Waals surface area contributed by atoms with E-state index in [1.54, 1.807) is 0 Å². The summed E-state index contributed by atoms with van der Waals surface area (Å²) in [6.45, 7) is 0.333. The summed E-state index contributed by atoms with van der Waals surface area (Å²) in [7, 11) is 0. The fraction of sp³-hybridized carbons (Fsp3) is 1.00. The van der Waals surface area contributed by atoms with Crippen molar-refractivity contribution in [3.05, 3.63) is 0 Å². The van der Waals surface area contributed by atoms with Gasteiger partial charge in [-0.1, -0.05) is 0 Å². The third-order valence-corrected chi connectivity index (χ3v) is 0.412. The SMILES string of the molecule is CC(F)(F)CNN.Cl.Cl. The van der Waals surface area contributed by atoms with Gasteiger partial charge >= 0.3 is 0 Å². The molecule has 6 heteroatoms. The van der Waals surface area contributed by atoms with E-state index < -0.39 is 12.5 Å². The quantitative estimate of drug-likeness (QED) is 0.494. The lowest BCUT2D eigenvalue weighted by Crippen LogP contribution is -2.34. The van der Waals surface area contributed by atoms with Gasteiger partial charge in [-0.15, -0.1) is 24.8 Å². The normalized spacial score (nSPS) is 9.33. The predicted octanol–water partition coefficient (Wildman–Crippen LogP) is 0.948. The minimum absolute atomic E-state index is 0. The van der Waals surface area contributed by atoms with Crippen molar-refractivity contribution in [3.63, 3.8) is 0 Å². The number of rotatable bonds is 2. The number of nitrogens with one attached hydrogen (secondary N) is 1. The summed E-state index contributed by atoms with van der Waals surface area (Å²) in [5.74, 6) is 1.90. The summed E-state index contributed by atoms with van der Waals surface area (Å²) in [6, 6.07) is 0. The van der Waals surface area contributed by atoms with E-state index in [0.717, 1.165) is 6.92 Å². The molecule has 0 aromatic carbocycles. The van der Waals surface area contributed by atoms with E-state index in [4.69, 9.17) is 0 Å². The van der Waals surface area contributed by atoms with Crippen molar-refractivity contribution in [3.8, 4) is 0 Å². The first-order chi connectivity index (χ1) is 3.06. The molecule has 0 fully saturated rings. The maximum atomic E-state index is 11.6. The number of hydrogen-bond donors (Lipinski definition) is 2. The van der Waals surface area contributed by atoms with Gasteiger partial charge < -0.3 is 0 Å². The molecule has 0 rings (SSSR count). The van der Waals surface area contributed by atoms with Crippen LogP contribution in [0.2, 0.25) is 0 Å². The number of hydrogen-bond acceptors (Lipinski definition) is 2. The van der Waals surface area contributed by atoms with Gasteiger partial charge in [0.2, 0.25) is 0 Å². The average Bonchev–Trinajstić information content (AvgIpc) is 1.30. The van der Waals surface area contributed by atoms with Crippen LogP contribution < -0.4 is 11.3 Å². The van der Waals surface area contributed by atoms with Gasteiger partial charge in [0.15, 0.2) is 0 Å². The largest absolute Gasteiger partial charge is 0.271 e. The molecule has 2 nitrogen and oxygen atoms in total. The molecule has 0 unspecified atom stereocenters. The molecule has 0 aromatic heterocycles. The lowest BCUT2D eigenvalue weighted by atomic mass is 10.4. The van der Waals surface area contributed by atoms with Gasteiger partial charge in [-0.3, -0.25) is 11.3 Å². The van der Waals surface area contributed by atoms with Crippen molar-refractivity contribution >= 4 is 24.8 Å². The van der Waals surface area contributed by atoms with Crippen LogP contribution in [0.5, 0.6) is 0 Å². The first-order valence-corrected chi connectivity index (χ1v) is 1.87. The van der Waals surface area contributed by atoms with Crippen molar-refractivity contribution < 1.29 is 8.78 Å². The van der Waals surface area contributed by atoms with E-state index in [-0.39, 0.29) is 24.8 Å². The van der Waals surface area contributed by atoms with Gasteiger partial charge in [-0.05, 0) is 0 Å². The van der Waals surface area contributed by atoms with Gasteiger partial charge in [0, 0.05) is 6.92 Å². The predicted molar refractivity (Wildman–Crippen MR) is 37.3 cm³/mol. The molecular formula is C3H10Cl2F2N2. The van der Waals surface area contributed by atoms with Gasteiger partial charge in [0.05, 0.1) is 6.54 Å². The Morgan fingerprint density at radius 2 is 1.78 bits per heavy atom. The summed E-state index contributed by atoms with van der Waals surface area (Å²) >= 11 is 0. The van der Waals surface area contributed by atoms with E-state index in [2.05, 4.69) is 5.84 Å². The zero-order valence-corrected chi connectivity index (χ0v) is 6.49. The van der Waals surface area contributed by atoms with Gasteiger partial charge in [0.1, 0.15) is 0 Å². The third kappa shape index (κ3) is 17.8. The van der Waals surface area contributed by atoms with Crippen LogP contribution in [-0.2, 0) is 0 Å². The molecule has 0 aliphatic heterocycles. The van der Waals surface area contributed by atoms with Crippen LogP contribution in [0.4, 0.5) is 8.78 Å². The molecule has 0 heterocycles. The topological polar surface area (TPSA) is 38.0 Å². The van der Waals surface area contributed by atoms with Gasteiger partial charge in [0.25, 0.3) is 5.92 Å². The Morgan fingerprint density at radius 3 is 1.78 bits per heavy atom. The highest BCUT2D eigenvalue weighted by Crippen LogP contribution is 2.07. The summed E-state index contributed by atoms with van der Waals surface area (Å²) in [5.41, 5.74) is 1.86. The molecule has 0 atom stereocenters. The van der Waals surface area contributed by atoms with Crippen molar-refractivity contribution in [2.45, 2.75) is 12.8 Å². The second-order valence-corrected chi connectivity index (χ2v) is 1.45. The second kappa shape index (κ2) is 6.48. The van der Waals surface area contributed by atoms with E-state index in [0.29, 0.717) is 0 Å². The van der Waals surface area contributed by atoms with Crippen molar-refractivity contribution in [1.29, 1.82) is 0 Å². The summed E-state index contributed by atoms with van der Waals surface area (Å²) in [4.78, 5) is 0. The highest BCUT2D eigenvalue weighted by Gasteiger charge is 2.18. The van der Waals surface area contributed by atoms with Crippen LogP contribution in [0, 0.1) is 0 Å². The number of hydrazine groups is 1. The maximum absolute atomic E-state index is 11.6. The van der Waals surface area contributed by atoms with E-state index >= 15 is 0 Å². The fourth-order valence-electron chi connectivity index (χ4n) is 0.179. The third-order valence-electron chi connectivity index (χ3n) is 0.412. The maximum Gasteiger partial charge on any atom is 0.258 e. The first-order valence-electron chi connectivity index (χ1n) is 1.87. The molecule has 0 radical (unpaired) electrons. The second-order valence-electron chi connectivity index (χ2n) is 1.45. The van der Waals surface area contributed by atoms with Gasteiger partial charge in [-0.2, -0.15) is 0 Å². The smallest absolute Gasteiger partial charge is 0.258 e. The number of nitrogens with two attached hydrogens (primary N) is 1. The monoisotopic (exact) mass is 182 g/mol. The van der Waals surface area contributed by atoms with Crippen LogP contribution in [-0.4, -0.2) is 12.5 Å². The Kier molecular flexibility index (Phi) is 11.6. The standard InChI is InChI=1S/C3H8F2N2.2ClH/c1-3(4,5)2-7-6;;/h7H,2,6H2,1H3;2*1H. The minimum atomic E-state index is -2.69. The Hall–Kier alpha value is 0.360. The molecule has 0 aromatic rings. The molecule has 0 aliphatic carbocycles. The Bertz CT molecular complexity index is 56.3. The molecule has 3 N–H and O–H groups in total. The minimum Gasteiger partial charge on any atom is -0.271 e. The van der Waals surface area contributed by atoms with Crippen LogP contribution in [0.3, 0.4) is 0 Å². The van der Waals surface area contributed by atoms with E-state index in [1.807, 2.05) is 5.43 Å². The van der Waals surface area contributed by atoms with E-state index in [1.165, 1.54) is 0 Å². The zero-order chi connectivity index (χ0) is 5.91. The summed E-state index contributed by atoms with van der Waals surface area (Å²) < 4.78 is 23.2. The molecule has 0 bridgehead atoms. The molecule has 0 spiro atoms. The van der Waals surface area contributed by atoms with Crippen LogP contribution in [0.1, 0.15) is 6.92 Å².